The molecular formula is C26H41ClN4O5. The van der Waals surface area contributed by atoms with Crippen LogP contribution < -0.4 is 16.0 Å². The number of hydrogen-bond donors (Lipinski definition) is 3. The van der Waals surface area contributed by atoms with Crippen molar-refractivity contribution in [3.63, 3.8) is 0 Å². The van der Waals surface area contributed by atoms with Crippen molar-refractivity contribution in [2.24, 2.45) is 5.92 Å². The molecule has 10 heteroatoms. The predicted molar refractivity (Wildman–Crippen MR) is 139 cm³/mol. The van der Waals surface area contributed by atoms with Gasteiger partial charge in [0.25, 0.3) is 0 Å². The number of nitrogens with one attached hydrogen (secondary N) is 3. The summed E-state index contributed by atoms with van der Waals surface area (Å²) in [6.45, 7) is 2.61. The highest BCUT2D eigenvalue weighted by atomic mass is 35.5. The summed E-state index contributed by atoms with van der Waals surface area (Å²) in [6.07, 6.45) is 6.06. The van der Waals surface area contributed by atoms with Gasteiger partial charge in [-0.2, -0.15) is 0 Å². The van der Waals surface area contributed by atoms with Crippen LogP contribution in [0.2, 0.25) is 5.02 Å². The molecule has 0 spiro atoms. The van der Waals surface area contributed by atoms with Crippen molar-refractivity contribution >= 4 is 23.7 Å². The maximum absolute atomic E-state index is 13.3. The number of amides is 3. The molecule has 0 radical (unpaired) electrons. The molecule has 9 nitrogen and oxygen atoms in total. The van der Waals surface area contributed by atoms with Crippen molar-refractivity contribution in [2.75, 3.05) is 53.6 Å². The van der Waals surface area contributed by atoms with Crippen molar-refractivity contribution < 1.29 is 23.8 Å². The number of carbonyl (C=O) groups is 2. The summed E-state index contributed by atoms with van der Waals surface area (Å²) in [5.74, 6) is 0.675. The number of benzene rings is 1. The van der Waals surface area contributed by atoms with Gasteiger partial charge in [-0.15, -0.1) is 0 Å². The van der Waals surface area contributed by atoms with Gasteiger partial charge in [-0.1, -0.05) is 55.8 Å². The van der Waals surface area contributed by atoms with Crippen LogP contribution in [0, 0.1) is 5.92 Å². The first-order valence-electron chi connectivity index (χ1n) is 13.0. The molecule has 1 saturated heterocycles. The summed E-state index contributed by atoms with van der Waals surface area (Å²) in [7, 11) is 3.24. The highest BCUT2D eigenvalue weighted by molar-refractivity contribution is 6.30. The summed E-state index contributed by atoms with van der Waals surface area (Å²) in [4.78, 5) is 26.4. The van der Waals surface area contributed by atoms with E-state index in [1.54, 1.807) is 6.07 Å². The quantitative estimate of drug-likeness (QED) is 0.381. The average Bonchev–Trinajstić information content (AvgIpc) is 2.89. The van der Waals surface area contributed by atoms with E-state index < -0.39 is 12.2 Å². The molecule has 3 N–H and O–H groups in total. The highest BCUT2D eigenvalue weighted by Crippen LogP contribution is 2.29. The standard InChI is InChI=1S/C26H41ClN4O5/c1-28-17-22(15-19-7-4-3-5-8-19)30-25(32)31-12-14-35-23(18-31)24(20-9-6-10-21(27)16-20)36-13-11-29-26(33)34-2/h6,9-10,16,19,22-24,28H,3-5,7-8,11-15,17-18H2,1-2H3,(H,29,33)(H,30,32)/t22-,23+,24-/m0/s1. The number of hydrogen-bond acceptors (Lipinski definition) is 6. The molecule has 1 aromatic rings. The van der Waals surface area contributed by atoms with E-state index in [0.717, 1.165) is 18.5 Å². The van der Waals surface area contributed by atoms with Gasteiger partial charge in [0.2, 0.25) is 0 Å². The van der Waals surface area contributed by atoms with Gasteiger partial charge in [0.15, 0.2) is 0 Å². The van der Waals surface area contributed by atoms with Crippen LogP contribution in [0.5, 0.6) is 0 Å². The minimum Gasteiger partial charge on any atom is -0.453 e. The zero-order valence-corrected chi connectivity index (χ0v) is 22.2. The zero-order chi connectivity index (χ0) is 25.8. The van der Waals surface area contributed by atoms with Crippen LogP contribution in [0.25, 0.3) is 0 Å². The fourth-order valence-electron chi connectivity index (χ4n) is 5.09. The SMILES string of the molecule is CNC[C@H](CC1CCCCC1)NC(=O)N1CCO[C@@H]([C@@H](OCCNC(=O)OC)c2cccc(Cl)c2)C1. The Balaban J connectivity index is 1.62. The number of carbonyl (C=O) groups excluding carboxylic acids is 2. The van der Waals surface area contributed by atoms with Crippen molar-refractivity contribution in [3.05, 3.63) is 34.9 Å². The lowest BCUT2D eigenvalue weighted by Gasteiger charge is -2.38. The van der Waals surface area contributed by atoms with Gasteiger partial charge < -0.3 is 35.1 Å². The molecule has 202 valence electrons. The van der Waals surface area contributed by atoms with Gasteiger partial charge >= 0.3 is 12.1 Å². The molecule has 0 bridgehead atoms. The molecule has 1 aliphatic carbocycles. The van der Waals surface area contributed by atoms with Gasteiger partial charge in [0.1, 0.15) is 12.2 Å². The molecule has 1 aliphatic heterocycles. The van der Waals surface area contributed by atoms with Crippen LogP contribution in [-0.4, -0.2) is 82.7 Å². The Bertz CT molecular complexity index is 823. The molecule has 2 fully saturated rings. The van der Waals surface area contributed by atoms with Gasteiger partial charge in [0.05, 0.1) is 26.9 Å². The topological polar surface area (TPSA) is 101 Å². The van der Waals surface area contributed by atoms with Crippen LogP contribution in [0.15, 0.2) is 24.3 Å². The van der Waals surface area contributed by atoms with Crippen LogP contribution >= 0.6 is 11.6 Å². The number of alkyl carbamates (subject to hydrolysis) is 1. The van der Waals surface area contributed by atoms with Crippen molar-refractivity contribution in [1.82, 2.24) is 20.9 Å². The molecule has 0 aromatic heterocycles. The lowest BCUT2D eigenvalue weighted by molar-refractivity contribution is -0.105. The maximum atomic E-state index is 13.3. The summed E-state index contributed by atoms with van der Waals surface area (Å²) < 4.78 is 16.8. The molecule has 3 amide bonds. The monoisotopic (exact) mass is 524 g/mol. The fraction of sp³-hybridized carbons (Fsp3) is 0.692. The van der Waals surface area contributed by atoms with Crippen molar-refractivity contribution in [3.8, 4) is 0 Å². The summed E-state index contributed by atoms with van der Waals surface area (Å²) in [6, 6.07) is 7.46. The smallest absolute Gasteiger partial charge is 0.406 e. The largest absolute Gasteiger partial charge is 0.453 e. The number of ether oxygens (including phenoxy) is 3. The maximum Gasteiger partial charge on any atom is 0.406 e. The number of likely N-dealkylation sites (N-methyl/N-ethyl adjacent to an activating group) is 1. The molecule has 0 unspecified atom stereocenters. The molecule has 36 heavy (non-hydrogen) atoms. The Hall–Kier alpha value is -2.07. The number of methoxy groups -OCH3 is 1. The zero-order valence-electron chi connectivity index (χ0n) is 21.5. The Morgan fingerprint density at radius 2 is 2.06 bits per heavy atom. The van der Waals surface area contributed by atoms with Gasteiger partial charge in [-0.05, 0) is 37.1 Å². The number of urea groups is 1. The Kier molecular flexibility index (Phi) is 12.1. The third-order valence-electron chi connectivity index (χ3n) is 6.87. The molecule has 3 atom stereocenters. The Morgan fingerprint density at radius 3 is 2.78 bits per heavy atom. The molecule has 1 aromatic carbocycles. The van der Waals surface area contributed by atoms with Crippen LogP contribution in [0.1, 0.15) is 50.2 Å². The first-order chi connectivity index (χ1) is 17.5. The van der Waals surface area contributed by atoms with E-state index >= 15 is 0 Å². The lowest BCUT2D eigenvalue weighted by Crippen LogP contribution is -2.54. The Labute approximate surface area is 219 Å². The third kappa shape index (κ3) is 9.10. The molecule has 1 heterocycles. The van der Waals surface area contributed by atoms with Crippen LogP contribution in [-0.2, 0) is 14.2 Å². The highest BCUT2D eigenvalue weighted by Gasteiger charge is 2.33. The van der Waals surface area contributed by atoms with E-state index in [-0.39, 0.29) is 31.3 Å². The predicted octanol–water partition coefficient (Wildman–Crippen LogP) is 3.72. The van der Waals surface area contributed by atoms with E-state index in [1.807, 2.05) is 30.1 Å². The van der Waals surface area contributed by atoms with E-state index in [2.05, 4.69) is 20.7 Å². The second-order valence-corrected chi connectivity index (χ2v) is 10.0. The van der Waals surface area contributed by atoms with Crippen molar-refractivity contribution in [1.29, 1.82) is 0 Å². The third-order valence-corrected chi connectivity index (χ3v) is 7.11. The number of nitrogens with zero attached hydrogens (tertiary/aromatic N) is 1. The van der Waals surface area contributed by atoms with Crippen LogP contribution in [0.3, 0.4) is 0 Å². The number of halogens is 1. The summed E-state index contributed by atoms with van der Waals surface area (Å²) in [5, 5.41) is 9.70. The minimum absolute atomic E-state index is 0.0726. The van der Waals surface area contributed by atoms with Crippen LogP contribution in [0.4, 0.5) is 9.59 Å². The molecular weight excluding hydrogens is 484 g/mol. The first kappa shape index (κ1) is 28.5. The second-order valence-electron chi connectivity index (χ2n) is 9.56. The summed E-state index contributed by atoms with van der Waals surface area (Å²) >= 11 is 6.25. The molecule has 2 aliphatic rings. The van der Waals surface area contributed by atoms with Gasteiger partial charge in [-0.3, -0.25) is 0 Å². The van der Waals surface area contributed by atoms with Crippen molar-refractivity contribution in [2.45, 2.75) is 56.8 Å². The first-order valence-corrected chi connectivity index (χ1v) is 13.4. The van der Waals surface area contributed by atoms with Gasteiger partial charge in [0, 0.05) is 30.7 Å². The minimum atomic E-state index is -0.515. The van der Waals surface area contributed by atoms with E-state index in [0.29, 0.717) is 30.6 Å². The fourth-order valence-corrected chi connectivity index (χ4v) is 5.29. The van der Waals surface area contributed by atoms with E-state index in [9.17, 15) is 9.59 Å². The number of rotatable bonds is 11. The normalized spacial score (nSPS) is 20.4. The molecule has 3 rings (SSSR count). The summed E-state index contributed by atoms with van der Waals surface area (Å²) in [5.41, 5.74) is 0.859. The lowest BCUT2D eigenvalue weighted by atomic mass is 9.85. The van der Waals surface area contributed by atoms with E-state index in [1.165, 1.54) is 39.2 Å². The average molecular weight is 525 g/mol. The van der Waals surface area contributed by atoms with Gasteiger partial charge in [-0.25, -0.2) is 9.59 Å². The molecule has 1 saturated carbocycles. The number of morpholine rings is 1. The second kappa shape index (κ2) is 15.2. The van der Waals surface area contributed by atoms with E-state index in [4.69, 9.17) is 21.1 Å². The Morgan fingerprint density at radius 1 is 1.25 bits per heavy atom.